The van der Waals surface area contributed by atoms with Gasteiger partial charge in [-0.2, -0.15) is 0 Å². The van der Waals surface area contributed by atoms with Crippen LogP contribution >= 0.6 is 0 Å². The molecule has 0 amide bonds. The van der Waals surface area contributed by atoms with Gasteiger partial charge in [-0.05, 0) is 67.6 Å². The van der Waals surface area contributed by atoms with E-state index in [1.807, 2.05) is 13.0 Å². The van der Waals surface area contributed by atoms with Gasteiger partial charge < -0.3 is 20.8 Å². The van der Waals surface area contributed by atoms with E-state index < -0.39 is 0 Å². The number of anilines is 2. The van der Waals surface area contributed by atoms with Crippen LogP contribution < -0.4 is 10.6 Å². The number of hydrogen-bond acceptors (Lipinski definition) is 6. The molecule has 6 heteroatoms. The average molecular weight is 390 g/mol. The second-order valence-corrected chi connectivity index (χ2v) is 7.45. The first kappa shape index (κ1) is 19.5. The maximum Gasteiger partial charge on any atom is 0.134 e. The summed E-state index contributed by atoms with van der Waals surface area (Å²) in [6.45, 7) is 7.26. The van der Waals surface area contributed by atoms with E-state index in [0.29, 0.717) is 6.61 Å². The zero-order valence-electron chi connectivity index (χ0n) is 17.0. The Morgan fingerprint density at radius 3 is 2.72 bits per heavy atom. The summed E-state index contributed by atoms with van der Waals surface area (Å²) >= 11 is 0. The molecule has 0 fully saturated rings. The molecule has 1 aromatic carbocycles. The smallest absolute Gasteiger partial charge is 0.134 e. The highest BCUT2D eigenvalue weighted by Gasteiger charge is 2.14. The zero-order valence-corrected chi connectivity index (χ0v) is 17.0. The van der Waals surface area contributed by atoms with Gasteiger partial charge in [0.15, 0.2) is 0 Å². The van der Waals surface area contributed by atoms with E-state index >= 15 is 0 Å². The van der Waals surface area contributed by atoms with Crippen molar-refractivity contribution in [3.63, 3.8) is 0 Å². The molecule has 2 aliphatic heterocycles. The lowest BCUT2D eigenvalue weighted by Gasteiger charge is -2.19. The molecule has 0 radical (unpaired) electrons. The summed E-state index contributed by atoms with van der Waals surface area (Å²) in [4.78, 5) is 9.22. The molecule has 2 aliphatic rings. The maximum absolute atomic E-state index is 7.86. The highest BCUT2D eigenvalue weighted by atomic mass is 16.5. The Morgan fingerprint density at radius 1 is 1.10 bits per heavy atom. The highest BCUT2D eigenvalue weighted by Crippen LogP contribution is 2.31. The Kier molecular flexibility index (Phi) is 5.83. The number of aryl methyl sites for hydroxylation is 2. The van der Waals surface area contributed by atoms with Gasteiger partial charge in [-0.1, -0.05) is 12.2 Å². The molecule has 6 nitrogen and oxygen atoms in total. The minimum Gasteiger partial charge on any atom is -0.377 e. The molecule has 0 unspecified atom stereocenters. The SMILES string of the molecule is Cc1nc(Nc2cc(C3=CCOCC3)c(C)cc2C=N)cc(C2=CCNCC2)n1. The largest absolute Gasteiger partial charge is 0.377 e. The van der Waals surface area contributed by atoms with Crippen LogP contribution in [0.2, 0.25) is 0 Å². The van der Waals surface area contributed by atoms with E-state index in [4.69, 9.17) is 10.1 Å². The molecule has 1 aromatic heterocycles. The van der Waals surface area contributed by atoms with Crippen LogP contribution in [0.4, 0.5) is 11.5 Å². The van der Waals surface area contributed by atoms with Crippen molar-refractivity contribution in [1.82, 2.24) is 15.3 Å². The molecule has 3 heterocycles. The van der Waals surface area contributed by atoms with Crippen molar-refractivity contribution in [2.75, 3.05) is 31.6 Å². The molecule has 0 aliphatic carbocycles. The molecule has 0 spiro atoms. The van der Waals surface area contributed by atoms with Gasteiger partial charge in [-0.15, -0.1) is 0 Å². The van der Waals surface area contributed by atoms with E-state index in [0.717, 1.165) is 61.1 Å². The number of ether oxygens (including phenoxy) is 1. The number of benzene rings is 1. The van der Waals surface area contributed by atoms with Gasteiger partial charge in [0.1, 0.15) is 11.6 Å². The second-order valence-electron chi connectivity index (χ2n) is 7.45. The third-order valence-electron chi connectivity index (χ3n) is 5.35. The molecule has 29 heavy (non-hydrogen) atoms. The van der Waals surface area contributed by atoms with Crippen molar-refractivity contribution in [3.8, 4) is 0 Å². The Labute approximate surface area is 171 Å². The standard InChI is InChI=1S/C23H27N5O/c1-15-11-19(14-24)21(12-20(15)17-5-9-29-10-6-17)28-23-13-22(26-16(2)27-23)18-3-7-25-8-4-18/h3,5,11-14,24-25H,4,6-10H2,1-2H3,(H,26,27,28). The molecule has 0 saturated heterocycles. The number of hydrogen-bond donors (Lipinski definition) is 3. The monoisotopic (exact) mass is 389 g/mol. The van der Waals surface area contributed by atoms with Crippen LogP contribution in [0.25, 0.3) is 11.1 Å². The van der Waals surface area contributed by atoms with Crippen LogP contribution in [0.15, 0.2) is 30.4 Å². The van der Waals surface area contributed by atoms with Gasteiger partial charge in [-0.3, -0.25) is 0 Å². The second kappa shape index (κ2) is 8.68. The fraction of sp³-hybridized carbons (Fsp3) is 0.348. The molecule has 3 N–H and O–H groups in total. The number of rotatable bonds is 5. The molecule has 2 aromatic rings. The van der Waals surface area contributed by atoms with Gasteiger partial charge in [-0.25, -0.2) is 9.97 Å². The van der Waals surface area contributed by atoms with E-state index in [1.54, 1.807) is 0 Å². The van der Waals surface area contributed by atoms with Crippen molar-refractivity contribution < 1.29 is 4.74 Å². The quantitative estimate of drug-likeness (QED) is 0.673. The Bertz CT molecular complexity index is 993. The lowest BCUT2D eigenvalue weighted by atomic mass is 9.94. The minimum absolute atomic E-state index is 0.655. The first-order valence-electron chi connectivity index (χ1n) is 10.1. The average Bonchev–Trinajstić information content (AvgIpc) is 2.75. The minimum atomic E-state index is 0.655. The lowest BCUT2D eigenvalue weighted by molar-refractivity contribution is 0.161. The van der Waals surface area contributed by atoms with Gasteiger partial charge in [0, 0.05) is 30.1 Å². The van der Waals surface area contributed by atoms with E-state index in [2.05, 4.69) is 51.8 Å². The number of nitrogens with one attached hydrogen (secondary N) is 3. The zero-order chi connectivity index (χ0) is 20.2. The van der Waals surface area contributed by atoms with Crippen molar-refractivity contribution in [1.29, 1.82) is 5.41 Å². The van der Waals surface area contributed by atoms with Crippen LogP contribution in [0.3, 0.4) is 0 Å². The first-order valence-corrected chi connectivity index (χ1v) is 10.1. The third kappa shape index (κ3) is 4.44. The molecule has 4 rings (SSSR count). The van der Waals surface area contributed by atoms with E-state index in [1.165, 1.54) is 28.5 Å². The Balaban J connectivity index is 1.70. The molecule has 0 atom stereocenters. The number of aromatic nitrogens is 2. The lowest BCUT2D eigenvalue weighted by Crippen LogP contribution is -2.20. The van der Waals surface area contributed by atoms with Gasteiger partial charge >= 0.3 is 0 Å². The Morgan fingerprint density at radius 2 is 2.00 bits per heavy atom. The van der Waals surface area contributed by atoms with Crippen LogP contribution in [-0.2, 0) is 4.74 Å². The first-order chi connectivity index (χ1) is 14.1. The van der Waals surface area contributed by atoms with Crippen LogP contribution in [0, 0.1) is 19.3 Å². The number of nitrogens with zero attached hydrogens (tertiary/aromatic N) is 2. The summed E-state index contributed by atoms with van der Waals surface area (Å²) in [7, 11) is 0. The van der Waals surface area contributed by atoms with Crippen molar-refractivity contribution in [2.45, 2.75) is 26.7 Å². The third-order valence-corrected chi connectivity index (χ3v) is 5.35. The fourth-order valence-corrected chi connectivity index (χ4v) is 3.86. The summed E-state index contributed by atoms with van der Waals surface area (Å²) in [5.74, 6) is 1.49. The molecule has 150 valence electrons. The summed E-state index contributed by atoms with van der Waals surface area (Å²) in [6.07, 6.45) is 7.60. The van der Waals surface area contributed by atoms with Gasteiger partial charge in [0.05, 0.1) is 18.9 Å². The molecular formula is C23H27N5O. The summed E-state index contributed by atoms with van der Waals surface area (Å²) in [6, 6.07) is 6.20. The van der Waals surface area contributed by atoms with E-state index in [9.17, 15) is 0 Å². The van der Waals surface area contributed by atoms with Crippen molar-refractivity contribution >= 4 is 28.9 Å². The summed E-state index contributed by atoms with van der Waals surface area (Å²) in [5, 5.41) is 14.6. The van der Waals surface area contributed by atoms with Crippen LogP contribution in [0.1, 0.15) is 41.1 Å². The predicted molar refractivity (Wildman–Crippen MR) is 118 cm³/mol. The fourth-order valence-electron chi connectivity index (χ4n) is 3.86. The molecule has 0 bridgehead atoms. The van der Waals surface area contributed by atoms with Gasteiger partial charge in [0.2, 0.25) is 0 Å². The molecule has 0 saturated carbocycles. The normalized spacial score (nSPS) is 16.8. The highest BCUT2D eigenvalue weighted by molar-refractivity contribution is 5.90. The van der Waals surface area contributed by atoms with Crippen molar-refractivity contribution in [2.24, 2.45) is 0 Å². The topological polar surface area (TPSA) is 82.9 Å². The maximum atomic E-state index is 7.86. The van der Waals surface area contributed by atoms with Crippen LogP contribution in [-0.4, -0.2) is 42.5 Å². The Hall–Kier alpha value is -2.83. The predicted octanol–water partition coefficient (Wildman–Crippen LogP) is 4.02. The van der Waals surface area contributed by atoms with Crippen LogP contribution in [0.5, 0.6) is 0 Å². The summed E-state index contributed by atoms with van der Waals surface area (Å²) in [5.41, 5.74) is 7.62. The van der Waals surface area contributed by atoms with E-state index in [-0.39, 0.29) is 0 Å². The molecular weight excluding hydrogens is 362 g/mol. The summed E-state index contributed by atoms with van der Waals surface area (Å²) < 4.78 is 5.46. The van der Waals surface area contributed by atoms with Gasteiger partial charge in [0.25, 0.3) is 0 Å². The van der Waals surface area contributed by atoms with Crippen molar-refractivity contribution in [3.05, 3.63) is 58.6 Å².